The fourth-order valence-electron chi connectivity index (χ4n) is 5.10. The lowest BCUT2D eigenvalue weighted by atomic mass is 9.76. The molecule has 0 bridgehead atoms. The Morgan fingerprint density at radius 2 is 1.82 bits per heavy atom. The van der Waals surface area contributed by atoms with Crippen LogP contribution in [0.25, 0.3) is 0 Å². The number of hydrogen-bond donors (Lipinski definition) is 2. The second-order valence-electron chi connectivity index (χ2n) is 8.96. The van der Waals surface area contributed by atoms with E-state index in [9.17, 15) is 18.5 Å². The molecule has 3 aromatic rings. The minimum atomic E-state index is -3.79. The monoisotopic (exact) mass is 475 g/mol. The topological polar surface area (TPSA) is 101 Å². The molecule has 0 fully saturated rings. The molecule has 3 aromatic carbocycles. The zero-order valence-corrected chi connectivity index (χ0v) is 19.7. The lowest BCUT2D eigenvalue weighted by Crippen LogP contribution is -2.30. The van der Waals surface area contributed by atoms with Crippen LogP contribution in [0.15, 0.2) is 77.7 Å². The molecule has 7 nitrogen and oxygen atoms in total. The first-order valence-corrected chi connectivity index (χ1v) is 12.6. The molecule has 0 radical (unpaired) electrons. The van der Waals surface area contributed by atoms with Crippen LogP contribution in [0, 0.1) is 29.9 Å². The van der Waals surface area contributed by atoms with E-state index in [1.807, 2.05) is 32.0 Å². The van der Waals surface area contributed by atoms with Crippen LogP contribution in [-0.2, 0) is 10.0 Å². The highest BCUT2D eigenvalue weighted by Gasteiger charge is 2.40. The Bertz CT molecular complexity index is 1430. The Balaban J connectivity index is 1.51. The van der Waals surface area contributed by atoms with Crippen molar-refractivity contribution in [2.45, 2.75) is 37.1 Å². The van der Waals surface area contributed by atoms with Gasteiger partial charge < -0.3 is 5.32 Å². The zero-order valence-electron chi connectivity index (χ0n) is 18.9. The summed E-state index contributed by atoms with van der Waals surface area (Å²) >= 11 is 0. The first-order chi connectivity index (χ1) is 16.2. The van der Waals surface area contributed by atoms with Gasteiger partial charge in [0.2, 0.25) is 0 Å². The lowest BCUT2D eigenvalue weighted by Gasteiger charge is -2.37. The van der Waals surface area contributed by atoms with Crippen LogP contribution >= 0.6 is 0 Å². The van der Waals surface area contributed by atoms with Crippen LogP contribution in [0.3, 0.4) is 0 Å². The number of nitro groups is 1. The predicted molar refractivity (Wildman–Crippen MR) is 133 cm³/mol. The van der Waals surface area contributed by atoms with Gasteiger partial charge in [-0.05, 0) is 61.6 Å². The van der Waals surface area contributed by atoms with Gasteiger partial charge in [0.25, 0.3) is 15.7 Å². The Kier molecular flexibility index (Phi) is 5.40. The largest absolute Gasteiger partial charge is 0.377 e. The second kappa shape index (κ2) is 8.29. The van der Waals surface area contributed by atoms with Crippen molar-refractivity contribution in [1.29, 1.82) is 0 Å². The number of fused-ring (bicyclic) bond motifs is 3. The fraction of sp³-hybridized carbons (Fsp3) is 0.231. The number of hydrogen-bond acceptors (Lipinski definition) is 5. The maximum absolute atomic E-state index is 13.2. The number of nitro benzene ring substituents is 1. The van der Waals surface area contributed by atoms with Gasteiger partial charge in [0.15, 0.2) is 0 Å². The predicted octanol–water partition coefficient (Wildman–Crippen LogP) is 5.84. The van der Waals surface area contributed by atoms with Crippen molar-refractivity contribution < 1.29 is 13.3 Å². The Labute approximate surface area is 198 Å². The normalized spacial score (nSPS) is 20.8. The highest BCUT2D eigenvalue weighted by molar-refractivity contribution is 7.92. The van der Waals surface area contributed by atoms with Gasteiger partial charge in [-0.3, -0.25) is 14.8 Å². The number of para-hydroxylation sites is 1. The molecule has 0 saturated heterocycles. The first-order valence-electron chi connectivity index (χ1n) is 11.1. The van der Waals surface area contributed by atoms with Crippen LogP contribution in [0.5, 0.6) is 0 Å². The van der Waals surface area contributed by atoms with Gasteiger partial charge in [-0.2, -0.15) is 0 Å². The number of nitrogens with one attached hydrogen (secondary N) is 2. The molecular formula is C26H25N3O4S. The number of sulfonamides is 1. The summed E-state index contributed by atoms with van der Waals surface area (Å²) in [6.45, 7) is 3.84. The van der Waals surface area contributed by atoms with Crippen LogP contribution in [-0.4, -0.2) is 13.3 Å². The number of nitrogens with zero attached hydrogens (tertiary/aromatic N) is 1. The molecule has 8 heteroatoms. The van der Waals surface area contributed by atoms with Crippen molar-refractivity contribution in [1.82, 2.24) is 0 Å². The van der Waals surface area contributed by atoms with E-state index in [4.69, 9.17) is 0 Å². The quantitative estimate of drug-likeness (QED) is 0.274. The van der Waals surface area contributed by atoms with Crippen molar-refractivity contribution in [2.75, 3.05) is 10.0 Å². The smallest absolute Gasteiger partial charge is 0.274 e. The molecule has 3 atom stereocenters. The van der Waals surface area contributed by atoms with Gasteiger partial charge in [0.05, 0.1) is 27.1 Å². The van der Waals surface area contributed by atoms with Crippen molar-refractivity contribution in [3.8, 4) is 0 Å². The van der Waals surface area contributed by atoms with Crippen molar-refractivity contribution in [3.63, 3.8) is 0 Å². The molecule has 1 heterocycles. The molecule has 5 rings (SSSR count). The van der Waals surface area contributed by atoms with Crippen LogP contribution in [0.2, 0.25) is 0 Å². The number of anilines is 2. The minimum Gasteiger partial charge on any atom is -0.377 e. The summed E-state index contributed by atoms with van der Waals surface area (Å²) < 4.78 is 29.1. The summed E-state index contributed by atoms with van der Waals surface area (Å²) in [6, 6.07) is 17.2. The van der Waals surface area contributed by atoms with Crippen molar-refractivity contribution in [3.05, 3.63) is 105 Å². The van der Waals surface area contributed by atoms with Gasteiger partial charge in [0.1, 0.15) is 0 Å². The summed E-state index contributed by atoms with van der Waals surface area (Å²) in [5.74, 6) is 0.0242. The van der Waals surface area contributed by atoms with Crippen LogP contribution in [0.4, 0.5) is 17.1 Å². The number of rotatable bonds is 5. The summed E-state index contributed by atoms with van der Waals surface area (Å²) in [4.78, 5) is 11.5. The first kappa shape index (κ1) is 22.2. The summed E-state index contributed by atoms with van der Waals surface area (Å²) in [5.41, 5.74) is 4.88. The highest BCUT2D eigenvalue weighted by atomic mass is 32.2. The molecule has 1 aliphatic carbocycles. The molecule has 0 aromatic heterocycles. The zero-order chi connectivity index (χ0) is 24.0. The second-order valence-corrected chi connectivity index (χ2v) is 10.6. The molecule has 0 amide bonds. The number of allylic oxidation sites excluding steroid dienone is 2. The molecular weight excluding hydrogens is 450 g/mol. The van der Waals surface area contributed by atoms with Gasteiger partial charge >= 0.3 is 0 Å². The van der Waals surface area contributed by atoms with Gasteiger partial charge in [-0.25, -0.2) is 8.42 Å². The van der Waals surface area contributed by atoms with Gasteiger partial charge in [-0.15, -0.1) is 0 Å². The summed E-state index contributed by atoms with van der Waals surface area (Å²) in [5, 5.41) is 15.1. The Morgan fingerprint density at radius 1 is 1.03 bits per heavy atom. The molecule has 2 aliphatic rings. The van der Waals surface area contributed by atoms with E-state index in [1.165, 1.54) is 6.07 Å². The van der Waals surface area contributed by atoms with Crippen molar-refractivity contribution in [2.24, 2.45) is 5.92 Å². The summed E-state index contributed by atoms with van der Waals surface area (Å²) in [7, 11) is -3.79. The maximum Gasteiger partial charge on any atom is 0.274 e. The minimum absolute atomic E-state index is 0.0303. The molecule has 0 saturated carbocycles. The molecule has 3 unspecified atom stereocenters. The third-order valence-corrected chi connectivity index (χ3v) is 8.10. The van der Waals surface area contributed by atoms with E-state index in [0.29, 0.717) is 11.3 Å². The van der Waals surface area contributed by atoms with E-state index >= 15 is 0 Å². The fourth-order valence-corrected chi connectivity index (χ4v) is 6.26. The van der Waals surface area contributed by atoms with Crippen LogP contribution < -0.4 is 10.0 Å². The van der Waals surface area contributed by atoms with Crippen molar-refractivity contribution >= 4 is 27.1 Å². The van der Waals surface area contributed by atoms with E-state index in [1.54, 1.807) is 36.4 Å². The lowest BCUT2D eigenvalue weighted by molar-refractivity contribution is -0.385. The third-order valence-electron chi connectivity index (χ3n) is 6.74. The van der Waals surface area contributed by atoms with E-state index < -0.39 is 10.0 Å². The molecule has 174 valence electrons. The molecule has 34 heavy (non-hydrogen) atoms. The van der Waals surface area contributed by atoms with E-state index in [-0.39, 0.29) is 33.4 Å². The third kappa shape index (κ3) is 3.84. The maximum atomic E-state index is 13.2. The van der Waals surface area contributed by atoms with Gasteiger partial charge in [0, 0.05) is 17.7 Å². The molecule has 1 aliphatic heterocycles. The molecule has 0 spiro atoms. The highest BCUT2D eigenvalue weighted by Crippen LogP contribution is 2.51. The van der Waals surface area contributed by atoms with E-state index in [2.05, 4.69) is 22.2 Å². The SMILES string of the molecule is Cc1ccc(NS(=O)(=O)c2ccc3c(c2)C2C=CCC2C(c2ccccc2[N+](=O)[O-])N3)c(C)c1. The van der Waals surface area contributed by atoms with E-state index in [0.717, 1.165) is 28.8 Å². The van der Waals surface area contributed by atoms with Crippen LogP contribution in [0.1, 0.15) is 40.6 Å². The Morgan fingerprint density at radius 3 is 2.59 bits per heavy atom. The average Bonchev–Trinajstić information content (AvgIpc) is 3.30. The van der Waals surface area contributed by atoms with Gasteiger partial charge in [-0.1, -0.05) is 48.0 Å². The standard InChI is InChI=1S/C26H25N3O4S/c1-16-10-12-23(17(2)14-16)28-34(32,33)18-11-13-24-22(15-18)19-7-5-8-20(19)26(27-24)21-6-3-4-9-25(21)29(30)31/h3-7,9-15,19-20,26-28H,8H2,1-2H3. The average molecular weight is 476 g/mol. The number of aryl methyl sites for hydroxylation is 2. The Hall–Kier alpha value is -3.65. The number of benzene rings is 3. The molecule has 2 N–H and O–H groups in total. The summed E-state index contributed by atoms with van der Waals surface area (Å²) in [6.07, 6.45) is 4.91.